The molecule has 0 spiro atoms. The fraction of sp³-hybridized carbons (Fsp3) is 0.625. The molecule has 1 rings (SSSR count). The van der Waals surface area contributed by atoms with Crippen LogP contribution in [0.2, 0.25) is 0 Å². The number of halogens is 3. The van der Waals surface area contributed by atoms with Crippen LogP contribution >= 0.6 is 0 Å². The first kappa shape index (κ1) is 11.0. The van der Waals surface area contributed by atoms with E-state index in [-0.39, 0.29) is 6.54 Å². The molecule has 0 fully saturated rings. The second-order valence-corrected chi connectivity index (χ2v) is 3.10. The number of rotatable bonds is 3. The molecule has 0 aliphatic rings. The van der Waals surface area contributed by atoms with Gasteiger partial charge in [0.25, 0.3) is 0 Å². The molecule has 0 bridgehead atoms. The van der Waals surface area contributed by atoms with Crippen molar-refractivity contribution in [2.75, 3.05) is 6.54 Å². The molecule has 80 valence electrons. The van der Waals surface area contributed by atoms with E-state index in [0.29, 0.717) is 0 Å². The molecule has 3 nitrogen and oxygen atoms in total. The van der Waals surface area contributed by atoms with Crippen LogP contribution in [0.4, 0.5) is 13.2 Å². The topological polar surface area (TPSA) is 29.9 Å². The summed E-state index contributed by atoms with van der Waals surface area (Å²) in [5, 5.41) is 6.24. The van der Waals surface area contributed by atoms with Gasteiger partial charge >= 0.3 is 6.18 Å². The fourth-order valence-electron chi connectivity index (χ4n) is 1.06. The molecule has 0 aliphatic carbocycles. The van der Waals surface area contributed by atoms with Crippen molar-refractivity contribution in [2.24, 2.45) is 7.05 Å². The maximum absolute atomic E-state index is 11.8. The molecule has 0 atom stereocenters. The predicted molar refractivity (Wildman–Crippen MR) is 45.7 cm³/mol. The van der Waals surface area contributed by atoms with Crippen LogP contribution in [0.25, 0.3) is 0 Å². The third kappa shape index (κ3) is 3.02. The van der Waals surface area contributed by atoms with Gasteiger partial charge in [-0.1, -0.05) is 0 Å². The van der Waals surface area contributed by atoms with Crippen molar-refractivity contribution in [3.05, 3.63) is 17.5 Å². The quantitative estimate of drug-likeness (QED) is 0.811. The van der Waals surface area contributed by atoms with Gasteiger partial charge in [0.15, 0.2) is 0 Å². The Hall–Kier alpha value is -1.04. The monoisotopic (exact) mass is 207 g/mol. The lowest BCUT2D eigenvalue weighted by Gasteiger charge is -2.07. The van der Waals surface area contributed by atoms with Gasteiger partial charge < -0.3 is 5.32 Å². The second-order valence-electron chi connectivity index (χ2n) is 3.10. The SMILES string of the molecule is Cc1c(CNCC(F)(F)F)cnn1C. The summed E-state index contributed by atoms with van der Waals surface area (Å²) in [5.41, 5.74) is 1.66. The lowest BCUT2D eigenvalue weighted by atomic mass is 10.2. The number of nitrogens with zero attached hydrogens (tertiary/aromatic N) is 2. The Bertz CT molecular complexity index is 303. The van der Waals surface area contributed by atoms with Gasteiger partial charge in [-0.2, -0.15) is 18.3 Å². The Kier molecular flexibility index (Phi) is 3.15. The summed E-state index contributed by atoms with van der Waals surface area (Å²) >= 11 is 0. The summed E-state index contributed by atoms with van der Waals surface area (Å²) < 4.78 is 37.0. The van der Waals surface area contributed by atoms with Crippen molar-refractivity contribution in [3.8, 4) is 0 Å². The lowest BCUT2D eigenvalue weighted by Crippen LogP contribution is -2.28. The van der Waals surface area contributed by atoms with Gasteiger partial charge in [0.2, 0.25) is 0 Å². The number of alkyl halides is 3. The molecule has 0 saturated heterocycles. The third-order valence-electron chi connectivity index (χ3n) is 1.98. The highest BCUT2D eigenvalue weighted by Gasteiger charge is 2.26. The maximum atomic E-state index is 11.8. The van der Waals surface area contributed by atoms with E-state index in [1.54, 1.807) is 17.9 Å². The Balaban J connectivity index is 2.43. The minimum atomic E-state index is -4.16. The zero-order chi connectivity index (χ0) is 10.8. The highest BCUT2D eigenvalue weighted by Crippen LogP contribution is 2.13. The molecule has 0 aliphatic heterocycles. The Labute approximate surface area is 79.9 Å². The van der Waals surface area contributed by atoms with Crippen LogP contribution in [-0.2, 0) is 13.6 Å². The number of aromatic nitrogens is 2. The van der Waals surface area contributed by atoms with Gasteiger partial charge in [0.05, 0.1) is 12.7 Å². The van der Waals surface area contributed by atoms with Crippen LogP contribution in [0.5, 0.6) is 0 Å². The number of hydrogen-bond acceptors (Lipinski definition) is 2. The van der Waals surface area contributed by atoms with Gasteiger partial charge in [0, 0.05) is 24.8 Å². The normalized spacial score (nSPS) is 12.1. The average Bonchev–Trinajstić information content (AvgIpc) is 2.33. The van der Waals surface area contributed by atoms with Crippen LogP contribution in [-0.4, -0.2) is 22.5 Å². The first-order chi connectivity index (χ1) is 6.40. The van der Waals surface area contributed by atoms with E-state index in [0.717, 1.165) is 11.3 Å². The van der Waals surface area contributed by atoms with Crippen molar-refractivity contribution < 1.29 is 13.2 Å². The van der Waals surface area contributed by atoms with Crippen molar-refractivity contribution in [3.63, 3.8) is 0 Å². The number of nitrogens with one attached hydrogen (secondary N) is 1. The smallest absolute Gasteiger partial charge is 0.304 e. The summed E-state index contributed by atoms with van der Waals surface area (Å²) in [6.07, 6.45) is -2.59. The van der Waals surface area contributed by atoms with Gasteiger partial charge in [-0.15, -0.1) is 0 Å². The summed E-state index contributed by atoms with van der Waals surface area (Å²) in [5.74, 6) is 0. The van der Waals surface area contributed by atoms with Crippen LogP contribution in [0.1, 0.15) is 11.3 Å². The molecule has 0 saturated carbocycles. The number of aryl methyl sites for hydroxylation is 1. The Morgan fingerprint density at radius 1 is 1.50 bits per heavy atom. The van der Waals surface area contributed by atoms with E-state index in [4.69, 9.17) is 0 Å². The molecule has 1 aromatic heterocycles. The Morgan fingerprint density at radius 2 is 2.14 bits per heavy atom. The highest BCUT2D eigenvalue weighted by atomic mass is 19.4. The maximum Gasteiger partial charge on any atom is 0.401 e. The van der Waals surface area contributed by atoms with Crippen molar-refractivity contribution >= 4 is 0 Å². The zero-order valence-electron chi connectivity index (χ0n) is 8.02. The molecule has 14 heavy (non-hydrogen) atoms. The van der Waals surface area contributed by atoms with E-state index < -0.39 is 12.7 Å². The predicted octanol–water partition coefficient (Wildman–Crippen LogP) is 1.38. The van der Waals surface area contributed by atoms with Gasteiger partial charge in [0.1, 0.15) is 0 Å². The number of hydrogen-bond donors (Lipinski definition) is 1. The van der Waals surface area contributed by atoms with E-state index in [1.165, 1.54) is 0 Å². The Morgan fingerprint density at radius 3 is 2.57 bits per heavy atom. The lowest BCUT2D eigenvalue weighted by molar-refractivity contribution is -0.125. The van der Waals surface area contributed by atoms with E-state index in [2.05, 4.69) is 10.4 Å². The largest absolute Gasteiger partial charge is 0.401 e. The zero-order valence-corrected chi connectivity index (χ0v) is 8.02. The van der Waals surface area contributed by atoms with Gasteiger partial charge in [-0.3, -0.25) is 4.68 Å². The van der Waals surface area contributed by atoms with Crippen LogP contribution < -0.4 is 5.32 Å². The molecule has 6 heteroatoms. The highest BCUT2D eigenvalue weighted by molar-refractivity contribution is 5.15. The standard InChI is InChI=1S/C8H12F3N3/c1-6-7(4-13-14(6)2)3-12-5-8(9,10)11/h4,12H,3,5H2,1-2H3. The third-order valence-corrected chi connectivity index (χ3v) is 1.98. The molecule has 1 N–H and O–H groups in total. The molecular weight excluding hydrogens is 195 g/mol. The van der Waals surface area contributed by atoms with Crippen LogP contribution in [0, 0.1) is 6.92 Å². The fourth-order valence-corrected chi connectivity index (χ4v) is 1.06. The van der Waals surface area contributed by atoms with Gasteiger partial charge in [-0.25, -0.2) is 0 Å². The van der Waals surface area contributed by atoms with Crippen molar-refractivity contribution in [1.82, 2.24) is 15.1 Å². The first-order valence-corrected chi connectivity index (χ1v) is 4.15. The summed E-state index contributed by atoms with van der Waals surface area (Å²) in [7, 11) is 1.75. The van der Waals surface area contributed by atoms with Crippen molar-refractivity contribution in [2.45, 2.75) is 19.6 Å². The summed E-state index contributed by atoms with van der Waals surface area (Å²) in [4.78, 5) is 0. The molecule has 1 heterocycles. The average molecular weight is 207 g/mol. The molecule has 0 radical (unpaired) electrons. The summed E-state index contributed by atoms with van der Waals surface area (Å²) in [6.45, 7) is 1.04. The minimum absolute atomic E-state index is 0.194. The first-order valence-electron chi connectivity index (χ1n) is 4.15. The van der Waals surface area contributed by atoms with Gasteiger partial charge in [-0.05, 0) is 6.92 Å². The molecule has 1 aromatic rings. The van der Waals surface area contributed by atoms with E-state index >= 15 is 0 Å². The van der Waals surface area contributed by atoms with E-state index in [9.17, 15) is 13.2 Å². The minimum Gasteiger partial charge on any atom is -0.304 e. The molecular formula is C8H12F3N3. The van der Waals surface area contributed by atoms with E-state index in [1.807, 2.05) is 6.92 Å². The molecule has 0 amide bonds. The van der Waals surface area contributed by atoms with Crippen molar-refractivity contribution in [1.29, 1.82) is 0 Å². The van der Waals surface area contributed by atoms with Crippen LogP contribution in [0.15, 0.2) is 6.20 Å². The second kappa shape index (κ2) is 4.00. The van der Waals surface area contributed by atoms with Crippen LogP contribution in [0.3, 0.4) is 0 Å². The summed E-state index contributed by atoms with van der Waals surface area (Å²) in [6, 6.07) is 0. The molecule has 0 unspecified atom stereocenters. The molecule has 0 aromatic carbocycles.